The Labute approximate surface area is 211 Å². The molecule has 0 saturated carbocycles. The molecule has 194 valence electrons. The topological polar surface area (TPSA) is 102 Å². The number of rotatable bonds is 10. The second-order valence-electron chi connectivity index (χ2n) is 9.78. The number of amides is 2. The van der Waals surface area contributed by atoms with Gasteiger partial charge in [0.05, 0.1) is 0 Å². The molecule has 2 amide bonds. The largest absolute Gasteiger partial charge is 0.367 e. The quantitative estimate of drug-likeness (QED) is 0.461. The van der Waals surface area contributed by atoms with Gasteiger partial charge in [0.2, 0.25) is 5.91 Å². The monoisotopic (exact) mass is 497 g/mol. The number of alkyl halides is 1. The van der Waals surface area contributed by atoms with Crippen LogP contribution in [-0.4, -0.2) is 82.6 Å². The molecule has 2 aliphatic rings. The van der Waals surface area contributed by atoms with Crippen LogP contribution < -0.4 is 16.0 Å². The van der Waals surface area contributed by atoms with Crippen LogP contribution in [0.2, 0.25) is 0 Å². The Balaban J connectivity index is 1.31. The maximum absolute atomic E-state index is 13.2. The van der Waals surface area contributed by atoms with E-state index in [1.54, 1.807) is 19.9 Å². The third-order valence-corrected chi connectivity index (χ3v) is 6.84. The fourth-order valence-electron chi connectivity index (χ4n) is 4.88. The zero-order valence-electron chi connectivity index (χ0n) is 21.0. The van der Waals surface area contributed by atoms with Crippen LogP contribution in [-0.2, 0) is 17.9 Å². The van der Waals surface area contributed by atoms with Crippen molar-refractivity contribution in [3.8, 4) is 0 Å². The highest BCUT2D eigenvalue weighted by atomic mass is 19.1. The van der Waals surface area contributed by atoms with E-state index in [9.17, 15) is 14.0 Å². The number of hydrogen-bond donors (Lipinski definition) is 3. The molecule has 3 N–H and O–H groups in total. The van der Waals surface area contributed by atoms with E-state index in [-0.39, 0.29) is 35.6 Å². The van der Waals surface area contributed by atoms with Crippen molar-refractivity contribution in [1.29, 1.82) is 0 Å². The number of halogens is 1. The molecule has 10 heteroatoms. The maximum Gasteiger partial charge on any atom is 0.270 e. The summed E-state index contributed by atoms with van der Waals surface area (Å²) in [7, 11) is 0. The number of carbonyl (C=O) groups is 2. The minimum Gasteiger partial charge on any atom is -0.367 e. The summed E-state index contributed by atoms with van der Waals surface area (Å²) >= 11 is 0. The minimum absolute atomic E-state index is 0.0948. The van der Waals surface area contributed by atoms with Crippen LogP contribution in [0.1, 0.15) is 48.3 Å². The van der Waals surface area contributed by atoms with E-state index in [1.165, 1.54) is 17.5 Å². The first kappa shape index (κ1) is 26.0. The van der Waals surface area contributed by atoms with Gasteiger partial charge in [-0.2, -0.15) is 0 Å². The summed E-state index contributed by atoms with van der Waals surface area (Å²) in [5.74, 6) is 0.389. The van der Waals surface area contributed by atoms with Crippen LogP contribution >= 0.6 is 0 Å². The van der Waals surface area contributed by atoms with Gasteiger partial charge in [0.15, 0.2) is 0 Å². The summed E-state index contributed by atoms with van der Waals surface area (Å²) in [4.78, 5) is 37.0. The molecule has 0 bridgehead atoms. The van der Waals surface area contributed by atoms with Gasteiger partial charge in [-0.15, -0.1) is 0 Å². The van der Waals surface area contributed by atoms with Crippen LogP contribution in [0.25, 0.3) is 0 Å². The molecule has 1 saturated heterocycles. The summed E-state index contributed by atoms with van der Waals surface area (Å²) in [6.07, 6.45) is 3.03. The second-order valence-corrected chi connectivity index (χ2v) is 9.78. The van der Waals surface area contributed by atoms with E-state index in [0.29, 0.717) is 32.0 Å². The Kier molecular flexibility index (Phi) is 8.82. The molecule has 0 spiro atoms. The Morgan fingerprint density at radius 1 is 1.14 bits per heavy atom. The molecule has 4 rings (SSSR count). The van der Waals surface area contributed by atoms with Gasteiger partial charge in [-0.1, -0.05) is 24.3 Å². The van der Waals surface area contributed by atoms with Crippen molar-refractivity contribution in [2.75, 3.05) is 38.2 Å². The Hall–Kier alpha value is -3.11. The lowest BCUT2D eigenvalue weighted by atomic mass is 10.1. The number of hydrogen-bond acceptors (Lipinski definition) is 7. The van der Waals surface area contributed by atoms with Gasteiger partial charge >= 0.3 is 0 Å². The third-order valence-electron chi connectivity index (χ3n) is 6.84. The van der Waals surface area contributed by atoms with Crippen molar-refractivity contribution in [2.45, 2.75) is 57.9 Å². The van der Waals surface area contributed by atoms with Gasteiger partial charge in [0.25, 0.3) is 5.91 Å². The first-order valence-corrected chi connectivity index (χ1v) is 12.6. The first-order chi connectivity index (χ1) is 17.4. The summed E-state index contributed by atoms with van der Waals surface area (Å²) in [5.41, 5.74) is 2.90. The molecule has 2 atom stereocenters. The molecule has 2 aromatic rings. The molecule has 2 aliphatic heterocycles. The summed E-state index contributed by atoms with van der Waals surface area (Å²) in [6, 6.07) is 9.78. The molecular formula is C26H36FN7O2. The predicted molar refractivity (Wildman–Crippen MR) is 136 cm³/mol. The van der Waals surface area contributed by atoms with Gasteiger partial charge in [-0.3, -0.25) is 14.5 Å². The van der Waals surface area contributed by atoms with Crippen molar-refractivity contribution >= 4 is 17.6 Å². The number of carbonyl (C=O) groups excluding carboxylic acids is 2. The molecule has 36 heavy (non-hydrogen) atoms. The number of anilines is 1. The van der Waals surface area contributed by atoms with Crippen molar-refractivity contribution in [3.63, 3.8) is 0 Å². The zero-order valence-corrected chi connectivity index (χ0v) is 21.0. The van der Waals surface area contributed by atoms with Crippen LogP contribution in [0.3, 0.4) is 0 Å². The number of benzene rings is 1. The van der Waals surface area contributed by atoms with Crippen LogP contribution in [0, 0.1) is 0 Å². The van der Waals surface area contributed by atoms with Crippen LogP contribution in [0.5, 0.6) is 0 Å². The van der Waals surface area contributed by atoms with E-state index in [4.69, 9.17) is 0 Å². The van der Waals surface area contributed by atoms with Crippen LogP contribution in [0.15, 0.2) is 36.7 Å². The standard InChI is InChI=1S/C26H36FN7O2/c1-18(12-27)31-23(16-33-14-20-5-3-4-6-21(20)15-33)13-28-26(36)24-11-25(30-17-29-24)32-22-7-9-34(10-8-22)19(2)35/h3-6,11,17-18,22-23,31H,7-10,12-16H2,1-2H3,(H,28,36)(H,29,30,32)/t18?,23-/m0/s1. The zero-order chi connectivity index (χ0) is 25.5. The van der Waals surface area contributed by atoms with E-state index >= 15 is 0 Å². The molecule has 0 aliphatic carbocycles. The summed E-state index contributed by atoms with van der Waals surface area (Å²) in [5, 5.41) is 9.62. The summed E-state index contributed by atoms with van der Waals surface area (Å²) < 4.78 is 13.2. The Morgan fingerprint density at radius 2 is 1.83 bits per heavy atom. The van der Waals surface area contributed by atoms with E-state index < -0.39 is 6.67 Å². The predicted octanol–water partition coefficient (Wildman–Crippen LogP) is 1.96. The van der Waals surface area contributed by atoms with Crippen molar-refractivity contribution in [3.05, 3.63) is 53.5 Å². The molecular weight excluding hydrogens is 461 g/mol. The maximum atomic E-state index is 13.2. The highest BCUT2D eigenvalue weighted by Crippen LogP contribution is 2.22. The number of nitrogens with zero attached hydrogens (tertiary/aromatic N) is 4. The fourth-order valence-corrected chi connectivity index (χ4v) is 4.88. The van der Waals surface area contributed by atoms with E-state index in [1.807, 2.05) is 17.0 Å². The molecule has 1 unspecified atom stereocenters. The fraction of sp³-hybridized carbons (Fsp3) is 0.538. The number of fused-ring (bicyclic) bond motifs is 1. The van der Waals surface area contributed by atoms with Crippen molar-refractivity contribution in [2.24, 2.45) is 0 Å². The van der Waals surface area contributed by atoms with Gasteiger partial charge < -0.3 is 20.9 Å². The number of likely N-dealkylation sites (tertiary alicyclic amines) is 1. The highest BCUT2D eigenvalue weighted by Gasteiger charge is 2.24. The first-order valence-electron chi connectivity index (χ1n) is 12.6. The molecule has 0 radical (unpaired) electrons. The number of nitrogens with one attached hydrogen (secondary N) is 3. The second kappa shape index (κ2) is 12.2. The Bertz CT molecular complexity index is 1020. The third kappa shape index (κ3) is 6.98. The lowest BCUT2D eigenvalue weighted by Gasteiger charge is -2.31. The molecule has 1 aromatic heterocycles. The van der Waals surface area contributed by atoms with Gasteiger partial charge in [0.1, 0.15) is 24.5 Å². The summed E-state index contributed by atoms with van der Waals surface area (Å²) in [6.45, 7) is 7.07. The smallest absolute Gasteiger partial charge is 0.270 e. The van der Waals surface area contributed by atoms with E-state index in [2.05, 4.69) is 43.0 Å². The normalized spacial score (nSPS) is 17.9. The Morgan fingerprint density at radius 3 is 2.47 bits per heavy atom. The number of aromatic nitrogens is 2. The average Bonchev–Trinajstić information content (AvgIpc) is 3.30. The average molecular weight is 498 g/mol. The van der Waals surface area contributed by atoms with Crippen molar-refractivity contribution < 1.29 is 14.0 Å². The molecule has 3 heterocycles. The van der Waals surface area contributed by atoms with Gasteiger partial charge in [0, 0.05) is 70.4 Å². The van der Waals surface area contributed by atoms with Crippen molar-refractivity contribution in [1.82, 2.24) is 30.4 Å². The lowest BCUT2D eigenvalue weighted by Crippen LogP contribution is -2.50. The van der Waals surface area contributed by atoms with Crippen LogP contribution in [0.4, 0.5) is 10.2 Å². The molecule has 1 aromatic carbocycles. The minimum atomic E-state index is -0.475. The molecule has 9 nitrogen and oxygen atoms in total. The van der Waals surface area contributed by atoms with E-state index in [0.717, 1.165) is 25.9 Å². The van der Waals surface area contributed by atoms with Gasteiger partial charge in [-0.05, 0) is 30.9 Å². The van der Waals surface area contributed by atoms with Gasteiger partial charge in [-0.25, -0.2) is 14.4 Å². The SMILES string of the molecule is CC(=O)N1CCC(Nc2cc(C(=O)NC[C@@H](CN3Cc4ccccc4C3)NC(C)CF)ncn2)CC1. The molecule has 1 fully saturated rings. The highest BCUT2D eigenvalue weighted by molar-refractivity contribution is 5.92. The lowest BCUT2D eigenvalue weighted by molar-refractivity contribution is -0.129. The number of piperidine rings is 1.